The van der Waals surface area contributed by atoms with E-state index in [-0.39, 0.29) is 30.7 Å². The molecule has 0 aromatic heterocycles. The number of anilines is 3. The molecule has 0 radical (unpaired) electrons. The highest BCUT2D eigenvalue weighted by Gasteiger charge is 2.36. The van der Waals surface area contributed by atoms with Gasteiger partial charge in [-0.3, -0.25) is 14.9 Å². The van der Waals surface area contributed by atoms with Crippen LogP contribution in [0.5, 0.6) is 11.5 Å². The monoisotopic (exact) mass is 455 g/mol. The van der Waals surface area contributed by atoms with Crippen molar-refractivity contribution in [3.8, 4) is 11.5 Å². The number of carbonyl (C=O) groups is 3. The lowest BCUT2D eigenvalue weighted by molar-refractivity contribution is -0.122. The molecule has 9 nitrogen and oxygen atoms in total. The lowest BCUT2D eigenvalue weighted by atomic mass is 10.1. The fourth-order valence-electron chi connectivity index (χ4n) is 3.44. The first-order chi connectivity index (χ1) is 15.8. The van der Waals surface area contributed by atoms with Crippen molar-refractivity contribution in [2.45, 2.75) is 20.3 Å². The van der Waals surface area contributed by atoms with Gasteiger partial charge in [-0.25, -0.2) is 4.79 Å². The van der Waals surface area contributed by atoms with Crippen molar-refractivity contribution in [1.82, 2.24) is 0 Å². The van der Waals surface area contributed by atoms with Crippen LogP contribution in [0.3, 0.4) is 0 Å². The van der Waals surface area contributed by atoms with Crippen molar-refractivity contribution in [3.63, 3.8) is 0 Å². The SMILES string of the molecule is COc1ccc(OC)c(N2CC(C(=O)Nc3cccc(NC(=O)OCC(C)C)c3)CC2=O)c1. The maximum absolute atomic E-state index is 12.9. The van der Waals surface area contributed by atoms with Gasteiger partial charge in [-0.1, -0.05) is 19.9 Å². The van der Waals surface area contributed by atoms with Crippen LogP contribution in [-0.4, -0.2) is 45.3 Å². The van der Waals surface area contributed by atoms with E-state index >= 15 is 0 Å². The predicted octanol–water partition coefficient (Wildman–Crippen LogP) is 3.90. The first-order valence-electron chi connectivity index (χ1n) is 10.7. The molecule has 1 heterocycles. The number of nitrogens with one attached hydrogen (secondary N) is 2. The molecule has 3 amide bonds. The fourth-order valence-corrected chi connectivity index (χ4v) is 3.44. The summed E-state index contributed by atoms with van der Waals surface area (Å²) in [7, 11) is 3.07. The average molecular weight is 456 g/mol. The lowest BCUT2D eigenvalue weighted by Gasteiger charge is -2.20. The third-order valence-electron chi connectivity index (χ3n) is 5.10. The van der Waals surface area contributed by atoms with Gasteiger partial charge >= 0.3 is 6.09 Å². The van der Waals surface area contributed by atoms with Gasteiger partial charge in [0.05, 0.1) is 32.4 Å². The molecule has 1 atom stereocenters. The minimum atomic E-state index is -0.559. The summed E-state index contributed by atoms with van der Waals surface area (Å²) in [5.74, 6) is 0.335. The van der Waals surface area contributed by atoms with Crippen LogP contribution in [0.15, 0.2) is 42.5 Å². The van der Waals surface area contributed by atoms with E-state index in [1.807, 2.05) is 13.8 Å². The molecule has 1 aliphatic heterocycles. The topological polar surface area (TPSA) is 106 Å². The minimum Gasteiger partial charge on any atom is -0.497 e. The van der Waals surface area contributed by atoms with Crippen molar-refractivity contribution < 1.29 is 28.6 Å². The fraction of sp³-hybridized carbons (Fsp3) is 0.375. The van der Waals surface area contributed by atoms with Crippen molar-refractivity contribution in [3.05, 3.63) is 42.5 Å². The van der Waals surface area contributed by atoms with Gasteiger partial charge in [0.1, 0.15) is 11.5 Å². The van der Waals surface area contributed by atoms with Gasteiger partial charge in [0.25, 0.3) is 0 Å². The summed E-state index contributed by atoms with van der Waals surface area (Å²) in [6.45, 7) is 4.42. The largest absolute Gasteiger partial charge is 0.497 e. The van der Waals surface area contributed by atoms with E-state index in [1.165, 1.54) is 12.0 Å². The maximum atomic E-state index is 12.9. The Bertz CT molecular complexity index is 1020. The van der Waals surface area contributed by atoms with Crippen LogP contribution in [0.4, 0.5) is 21.9 Å². The summed E-state index contributed by atoms with van der Waals surface area (Å²) in [5, 5.41) is 5.46. The van der Waals surface area contributed by atoms with Gasteiger partial charge in [-0.15, -0.1) is 0 Å². The molecule has 9 heteroatoms. The summed E-state index contributed by atoms with van der Waals surface area (Å²) >= 11 is 0. The number of methoxy groups -OCH3 is 2. The maximum Gasteiger partial charge on any atom is 0.411 e. The average Bonchev–Trinajstić information content (AvgIpc) is 3.19. The van der Waals surface area contributed by atoms with Crippen LogP contribution in [0, 0.1) is 11.8 Å². The second-order valence-corrected chi connectivity index (χ2v) is 8.13. The van der Waals surface area contributed by atoms with E-state index in [4.69, 9.17) is 14.2 Å². The second-order valence-electron chi connectivity index (χ2n) is 8.13. The second kappa shape index (κ2) is 10.7. The summed E-state index contributed by atoms with van der Waals surface area (Å²) in [6.07, 6.45) is -0.484. The van der Waals surface area contributed by atoms with Crippen LogP contribution in [0.2, 0.25) is 0 Å². The summed E-state index contributed by atoms with van der Waals surface area (Å²) in [5.41, 5.74) is 1.56. The Labute approximate surface area is 193 Å². The number of carbonyl (C=O) groups excluding carboxylic acids is 3. The number of rotatable bonds is 8. The zero-order valence-corrected chi connectivity index (χ0v) is 19.2. The van der Waals surface area contributed by atoms with E-state index in [2.05, 4.69) is 10.6 Å². The number of nitrogens with zero attached hydrogens (tertiary/aromatic N) is 1. The Morgan fingerprint density at radius 2 is 1.79 bits per heavy atom. The third kappa shape index (κ3) is 6.15. The summed E-state index contributed by atoms with van der Waals surface area (Å²) < 4.78 is 15.7. The van der Waals surface area contributed by atoms with E-state index < -0.39 is 12.0 Å². The molecule has 0 saturated carbocycles. The number of benzene rings is 2. The highest BCUT2D eigenvalue weighted by molar-refractivity contribution is 6.04. The Balaban J connectivity index is 1.65. The van der Waals surface area contributed by atoms with Crippen LogP contribution in [0.1, 0.15) is 20.3 Å². The molecule has 1 unspecified atom stereocenters. The van der Waals surface area contributed by atoms with Crippen LogP contribution in [0.25, 0.3) is 0 Å². The quantitative estimate of drug-likeness (QED) is 0.625. The van der Waals surface area contributed by atoms with E-state index in [1.54, 1.807) is 49.6 Å². The Kier molecular flexibility index (Phi) is 7.76. The minimum absolute atomic E-state index is 0.0751. The van der Waals surface area contributed by atoms with Crippen LogP contribution < -0.4 is 25.0 Å². The number of ether oxygens (including phenoxy) is 3. The molecule has 0 aliphatic carbocycles. The highest BCUT2D eigenvalue weighted by Crippen LogP contribution is 2.36. The smallest absolute Gasteiger partial charge is 0.411 e. The van der Waals surface area contributed by atoms with E-state index in [0.29, 0.717) is 35.2 Å². The normalized spacial score (nSPS) is 15.4. The Morgan fingerprint density at radius 1 is 1.06 bits per heavy atom. The molecule has 176 valence electrons. The molecule has 3 rings (SSSR count). The summed E-state index contributed by atoms with van der Waals surface area (Å²) in [6, 6.07) is 11.9. The molecular formula is C24H29N3O6. The van der Waals surface area contributed by atoms with E-state index in [9.17, 15) is 14.4 Å². The molecule has 1 aliphatic rings. The van der Waals surface area contributed by atoms with Gasteiger partial charge in [-0.05, 0) is 36.2 Å². The van der Waals surface area contributed by atoms with Crippen LogP contribution >= 0.6 is 0 Å². The van der Waals surface area contributed by atoms with Crippen molar-refractivity contribution >= 4 is 35.0 Å². The van der Waals surface area contributed by atoms with E-state index in [0.717, 1.165) is 0 Å². The lowest BCUT2D eigenvalue weighted by Crippen LogP contribution is -2.28. The Morgan fingerprint density at radius 3 is 2.45 bits per heavy atom. The van der Waals surface area contributed by atoms with Gasteiger partial charge in [-0.2, -0.15) is 0 Å². The standard InChI is InChI=1S/C24H29N3O6/c1-15(2)14-33-24(30)26-18-7-5-6-17(11-18)25-23(29)16-10-22(28)27(13-16)20-12-19(31-3)8-9-21(20)32-4/h5-9,11-12,15-16H,10,13-14H2,1-4H3,(H,25,29)(H,26,30). The number of amides is 3. The van der Waals surface area contributed by atoms with Crippen LogP contribution in [-0.2, 0) is 14.3 Å². The molecule has 1 fully saturated rings. The molecular weight excluding hydrogens is 426 g/mol. The van der Waals surface area contributed by atoms with Gasteiger partial charge in [0.2, 0.25) is 11.8 Å². The molecule has 1 saturated heterocycles. The number of hydrogen-bond acceptors (Lipinski definition) is 6. The first-order valence-corrected chi connectivity index (χ1v) is 10.7. The molecule has 2 aromatic rings. The zero-order chi connectivity index (χ0) is 24.0. The molecule has 0 spiro atoms. The first kappa shape index (κ1) is 23.9. The molecule has 2 N–H and O–H groups in total. The highest BCUT2D eigenvalue weighted by atomic mass is 16.5. The summed E-state index contributed by atoms with van der Waals surface area (Å²) in [4.78, 5) is 39.0. The van der Waals surface area contributed by atoms with Crippen molar-refractivity contribution in [1.29, 1.82) is 0 Å². The van der Waals surface area contributed by atoms with Gasteiger partial charge in [0.15, 0.2) is 0 Å². The molecule has 0 bridgehead atoms. The zero-order valence-electron chi connectivity index (χ0n) is 19.2. The van der Waals surface area contributed by atoms with Crippen molar-refractivity contribution in [2.24, 2.45) is 11.8 Å². The molecule has 2 aromatic carbocycles. The predicted molar refractivity (Wildman–Crippen MR) is 125 cm³/mol. The van der Waals surface area contributed by atoms with Gasteiger partial charge in [0, 0.05) is 30.4 Å². The van der Waals surface area contributed by atoms with Gasteiger partial charge < -0.3 is 24.4 Å². The van der Waals surface area contributed by atoms with Crippen molar-refractivity contribution in [2.75, 3.05) is 42.9 Å². The number of hydrogen-bond donors (Lipinski definition) is 2. The molecule has 33 heavy (non-hydrogen) atoms. The third-order valence-corrected chi connectivity index (χ3v) is 5.10. The Hall–Kier alpha value is -3.75.